The molecule has 0 saturated heterocycles. The molecule has 0 fully saturated rings. The molecule has 1 aromatic heterocycles. The number of nitrogens with zero attached hydrogens (tertiary/aromatic N) is 2. The van der Waals surface area contributed by atoms with Crippen molar-refractivity contribution in [3.63, 3.8) is 0 Å². The number of hydrogen-bond acceptors (Lipinski definition) is 3. The minimum Gasteiger partial charge on any atom is -0.380 e. The molecular weight excluding hydrogens is 248 g/mol. The van der Waals surface area contributed by atoms with Crippen LogP contribution in [0, 0.1) is 0 Å². The van der Waals surface area contributed by atoms with Gasteiger partial charge in [0, 0.05) is 18.3 Å². The van der Waals surface area contributed by atoms with Gasteiger partial charge < -0.3 is 10.6 Å². The van der Waals surface area contributed by atoms with E-state index in [-0.39, 0.29) is 0 Å². The number of para-hydroxylation sites is 1. The third kappa shape index (κ3) is 2.12. The second-order valence-electron chi connectivity index (χ2n) is 4.59. The fourth-order valence-electron chi connectivity index (χ4n) is 2.28. The number of hydrogen-bond donors (Lipinski definition) is 2. The maximum absolute atomic E-state index is 6.03. The van der Waals surface area contributed by atoms with Gasteiger partial charge in [-0.25, -0.2) is 0 Å². The Hall–Kier alpha value is -2.75. The fourth-order valence-corrected chi connectivity index (χ4v) is 2.28. The molecule has 20 heavy (non-hydrogen) atoms. The van der Waals surface area contributed by atoms with Gasteiger partial charge in [0.2, 0.25) is 0 Å². The number of nitrogens with two attached hydrogens (primary N) is 1. The predicted octanol–water partition coefficient (Wildman–Crippen LogP) is 3.43. The van der Waals surface area contributed by atoms with Crippen LogP contribution in [0.1, 0.15) is 0 Å². The van der Waals surface area contributed by atoms with Crippen LogP contribution in [0.4, 0.5) is 17.2 Å². The van der Waals surface area contributed by atoms with Crippen molar-refractivity contribution in [3.8, 4) is 11.3 Å². The molecule has 1 heterocycles. The summed E-state index contributed by atoms with van der Waals surface area (Å²) < 4.78 is 0. The van der Waals surface area contributed by atoms with E-state index in [9.17, 15) is 0 Å². The Labute approximate surface area is 117 Å². The van der Waals surface area contributed by atoms with Crippen molar-refractivity contribution in [3.05, 3.63) is 60.7 Å². The van der Waals surface area contributed by atoms with Gasteiger partial charge in [-0.2, -0.15) is 5.10 Å². The van der Waals surface area contributed by atoms with Gasteiger partial charge in [0.05, 0.1) is 5.69 Å². The molecule has 0 saturated carbocycles. The summed E-state index contributed by atoms with van der Waals surface area (Å²) in [5, 5.41) is 7.17. The molecule has 0 amide bonds. The van der Waals surface area contributed by atoms with E-state index in [0.29, 0.717) is 5.82 Å². The van der Waals surface area contributed by atoms with Crippen LogP contribution in [0.15, 0.2) is 60.7 Å². The molecule has 4 heteroatoms. The standard InChI is InChI=1S/C16H16N4/c1-20(13-10-6-3-7-11-13)15-14(18-19-16(15)17)12-8-4-2-5-9-12/h2-11H,1H3,(H3,17,18,19). The second kappa shape index (κ2) is 5.09. The molecule has 0 atom stereocenters. The van der Waals surface area contributed by atoms with Gasteiger partial charge in [0.15, 0.2) is 5.82 Å². The number of anilines is 3. The molecule has 0 radical (unpaired) electrons. The van der Waals surface area contributed by atoms with Gasteiger partial charge in [-0.15, -0.1) is 0 Å². The molecule has 0 spiro atoms. The number of nitrogen functional groups attached to an aromatic ring is 1. The Morgan fingerprint density at radius 2 is 1.55 bits per heavy atom. The lowest BCUT2D eigenvalue weighted by molar-refractivity contribution is 1.10. The van der Waals surface area contributed by atoms with E-state index in [1.807, 2.05) is 72.6 Å². The summed E-state index contributed by atoms with van der Waals surface area (Å²) in [7, 11) is 1.99. The highest BCUT2D eigenvalue weighted by Gasteiger charge is 2.17. The number of aromatic nitrogens is 2. The number of H-pyrrole nitrogens is 1. The molecule has 3 aromatic rings. The number of nitrogens with one attached hydrogen (secondary N) is 1. The number of aromatic amines is 1. The van der Waals surface area contributed by atoms with E-state index in [1.54, 1.807) is 0 Å². The highest BCUT2D eigenvalue weighted by molar-refractivity contribution is 5.86. The summed E-state index contributed by atoms with van der Waals surface area (Å²) in [6, 6.07) is 20.1. The predicted molar refractivity (Wildman–Crippen MR) is 82.9 cm³/mol. The minimum atomic E-state index is 0.496. The van der Waals surface area contributed by atoms with Crippen molar-refractivity contribution in [1.29, 1.82) is 0 Å². The smallest absolute Gasteiger partial charge is 0.169 e. The van der Waals surface area contributed by atoms with Crippen LogP contribution in [-0.2, 0) is 0 Å². The molecule has 2 aromatic carbocycles. The van der Waals surface area contributed by atoms with E-state index in [1.165, 1.54) is 0 Å². The Balaban J connectivity index is 2.08. The van der Waals surface area contributed by atoms with Crippen molar-refractivity contribution in [2.24, 2.45) is 0 Å². The third-order valence-electron chi connectivity index (χ3n) is 3.31. The van der Waals surface area contributed by atoms with E-state index in [2.05, 4.69) is 10.2 Å². The first-order chi connectivity index (χ1) is 9.77. The fraction of sp³-hybridized carbons (Fsp3) is 0.0625. The summed E-state index contributed by atoms with van der Waals surface area (Å²) >= 11 is 0. The van der Waals surface area contributed by atoms with Gasteiger partial charge >= 0.3 is 0 Å². The first kappa shape index (κ1) is 12.3. The van der Waals surface area contributed by atoms with E-state index >= 15 is 0 Å². The summed E-state index contributed by atoms with van der Waals surface area (Å²) in [6.07, 6.45) is 0. The molecule has 0 aliphatic carbocycles. The van der Waals surface area contributed by atoms with Gasteiger partial charge in [-0.3, -0.25) is 5.10 Å². The second-order valence-corrected chi connectivity index (χ2v) is 4.59. The maximum atomic E-state index is 6.03. The molecule has 4 nitrogen and oxygen atoms in total. The normalized spacial score (nSPS) is 10.4. The van der Waals surface area contributed by atoms with Gasteiger partial charge in [0.25, 0.3) is 0 Å². The number of benzene rings is 2. The van der Waals surface area contributed by atoms with Gasteiger partial charge in [0.1, 0.15) is 5.69 Å². The van der Waals surface area contributed by atoms with Crippen LogP contribution in [0.2, 0.25) is 0 Å². The lowest BCUT2D eigenvalue weighted by atomic mass is 10.1. The average molecular weight is 264 g/mol. The SMILES string of the molecule is CN(c1ccccc1)c1c(N)n[nH]c1-c1ccccc1. The summed E-state index contributed by atoms with van der Waals surface area (Å²) in [4.78, 5) is 2.04. The molecule has 0 aliphatic rings. The molecule has 0 bridgehead atoms. The Morgan fingerprint density at radius 3 is 2.20 bits per heavy atom. The number of rotatable bonds is 3. The van der Waals surface area contributed by atoms with E-state index < -0.39 is 0 Å². The Bertz CT molecular complexity index is 689. The van der Waals surface area contributed by atoms with Gasteiger partial charge in [-0.05, 0) is 12.1 Å². The summed E-state index contributed by atoms with van der Waals surface area (Å²) in [5.74, 6) is 0.496. The zero-order valence-corrected chi connectivity index (χ0v) is 11.2. The summed E-state index contributed by atoms with van der Waals surface area (Å²) in [6.45, 7) is 0. The maximum Gasteiger partial charge on any atom is 0.169 e. The topological polar surface area (TPSA) is 57.9 Å². The summed E-state index contributed by atoms with van der Waals surface area (Å²) in [5.41, 5.74) is 9.98. The van der Waals surface area contributed by atoms with Crippen LogP contribution in [0.5, 0.6) is 0 Å². The van der Waals surface area contributed by atoms with Crippen LogP contribution >= 0.6 is 0 Å². The van der Waals surface area contributed by atoms with E-state index in [4.69, 9.17) is 5.73 Å². The zero-order valence-electron chi connectivity index (χ0n) is 11.2. The van der Waals surface area contributed by atoms with Crippen LogP contribution in [0.3, 0.4) is 0 Å². The molecule has 100 valence electrons. The first-order valence-electron chi connectivity index (χ1n) is 6.45. The van der Waals surface area contributed by atoms with Crippen LogP contribution in [-0.4, -0.2) is 17.2 Å². The highest BCUT2D eigenvalue weighted by atomic mass is 15.2. The molecule has 0 aliphatic heterocycles. The van der Waals surface area contributed by atoms with Crippen LogP contribution in [0.25, 0.3) is 11.3 Å². The quantitative estimate of drug-likeness (QED) is 0.762. The van der Waals surface area contributed by atoms with Crippen LogP contribution < -0.4 is 10.6 Å². The average Bonchev–Trinajstić information content (AvgIpc) is 2.90. The minimum absolute atomic E-state index is 0.496. The lowest BCUT2D eigenvalue weighted by Gasteiger charge is -2.20. The first-order valence-corrected chi connectivity index (χ1v) is 6.45. The third-order valence-corrected chi connectivity index (χ3v) is 3.31. The Kier molecular flexibility index (Phi) is 3.13. The Morgan fingerprint density at radius 1 is 0.950 bits per heavy atom. The van der Waals surface area contributed by atoms with Crippen molar-refractivity contribution in [2.75, 3.05) is 17.7 Å². The van der Waals surface area contributed by atoms with Crippen molar-refractivity contribution < 1.29 is 0 Å². The van der Waals surface area contributed by atoms with Crippen molar-refractivity contribution in [2.45, 2.75) is 0 Å². The lowest BCUT2D eigenvalue weighted by Crippen LogP contribution is -2.11. The van der Waals surface area contributed by atoms with E-state index in [0.717, 1.165) is 22.6 Å². The van der Waals surface area contributed by atoms with Gasteiger partial charge in [-0.1, -0.05) is 48.5 Å². The largest absolute Gasteiger partial charge is 0.380 e. The van der Waals surface area contributed by atoms with Crippen molar-refractivity contribution in [1.82, 2.24) is 10.2 Å². The molecular formula is C16H16N4. The molecule has 3 N–H and O–H groups in total. The zero-order chi connectivity index (χ0) is 13.9. The highest BCUT2D eigenvalue weighted by Crippen LogP contribution is 2.36. The van der Waals surface area contributed by atoms with Crippen molar-refractivity contribution >= 4 is 17.2 Å². The molecule has 0 unspecified atom stereocenters. The molecule has 3 rings (SSSR count). The monoisotopic (exact) mass is 264 g/mol.